The van der Waals surface area contributed by atoms with Crippen LogP contribution in [0.4, 0.5) is 4.39 Å². The van der Waals surface area contributed by atoms with E-state index in [-0.39, 0.29) is 11.3 Å². The molecule has 0 unspecified atom stereocenters. The first-order valence-electron chi connectivity index (χ1n) is 6.90. The molecule has 3 aromatic rings. The van der Waals surface area contributed by atoms with E-state index in [1.54, 1.807) is 18.2 Å². The maximum absolute atomic E-state index is 14.0. The molecule has 0 aliphatic rings. The fourth-order valence-electron chi connectivity index (χ4n) is 2.36. The van der Waals surface area contributed by atoms with Crippen LogP contribution in [0.3, 0.4) is 0 Å². The molecular formula is C16H13BClFN2. The van der Waals surface area contributed by atoms with Gasteiger partial charge in [-0.15, -0.1) is 0 Å². The zero-order valence-electron chi connectivity index (χ0n) is 11.6. The molecule has 0 aliphatic heterocycles. The van der Waals surface area contributed by atoms with Gasteiger partial charge in [0, 0.05) is 5.56 Å². The van der Waals surface area contributed by atoms with E-state index in [0.29, 0.717) is 16.2 Å². The molecule has 0 saturated carbocycles. The molecule has 0 N–H and O–H groups in total. The van der Waals surface area contributed by atoms with Crippen molar-refractivity contribution in [3.63, 3.8) is 0 Å². The van der Waals surface area contributed by atoms with E-state index in [9.17, 15) is 4.39 Å². The number of hydrogen-bond donors (Lipinski definition) is 0. The van der Waals surface area contributed by atoms with Crippen LogP contribution >= 0.6 is 11.6 Å². The summed E-state index contributed by atoms with van der Waals surface area (Å²) in [6, 6.07) is 12.3. The highest BCUT2D eigenvalue weighted by molar-refractivity contribution is 6.34. The van der Waals surface area contributed by atoms with Gasteiger partial charge < -0.3 is 0 Å². The minimum atomic E-state index is -0.364. The first kappa shape index (κ1) is 14.0. The number of halogens is 2. The van der Waals surface area contributed by atoms with Crippen molar-refractivity contribution in [3.05, 3.63) is 59.0 Å². The van der Waals surface area contributed by atoms with Crippen molar-refractivity contribution >= 4 is 29.9 Å². The smallest absolute Gasteiger partial charge is 0.151 e. The van der Waals surface area contributed by atoms with Gasteiger partial charge in [-0.05, 0) is 24.5 Å². The number of benzene rings is 2. The summed E-state index contributed by atoms with van der Waals surface area (Å²) >= 11 is 6.26. The van der Waals surface area contributed by atoms with Gasteiger partial charge in [0.2, 0.25) is 0 Å². The van der Waals surface area contributed by atoms with E-state index in [2.05, 4.69) is 16.8 Å². The average Bonchev–Trinajstić information content (AvgIpc) is 2.48. The topological polar surface area (TPSA) is 25.8 Å². The van der Waals surface area contributed by atoms with Crippen LogP contribution in [0.25, 0.3) is 22.3 Å². The molecule has 0 bridgehead atoms. The van der Waals surface area contributed by atoms with E-state index in [1.165, 1.54) is 6.07 Å². The number of para-hydroxylation sites is 1. The van der Waals surface area contributed by atoms with Gasteiger partial charge in [0.15, 0.2) is 5.82 Å². The first-order chi connectivity index (χ1) is 10.2. The lowest BCUT2D eigenvalue weighted by molar-refractivity contribution is 0.636. The van der Waals surface area contributed by atoms with Crippen LogP contribution in [0.1, 0.15) is 5.69 Å². The zero-order chi connectivity index (χ0) is 14.8. The maximum Gasteiger partial charge on any atom is 0.151 e. The molecular weight excluding hydrogens is 285 g/mol. The first-order valence-corrected chi connectivity index (χ1v) is 7.28. The predicted octanol–water partition coefficient (Wildman–Crippen LogP) is 4.07. The lowest BCUT2D eigenvalue weighted by Gasteiger charge is -2.11. The summed E-state index contributed by atoms with van der Waals surface area (Å²) in [5, 5.41) is 0.597. The molecule has 0 aliphatic carbocycles. The summed E-state index contributed by atoms with van der Waals surface area (Å²) < 4.78 is 14.0. The fourth-order valence-corrected chi connectivity index (χ4v) is 2.58. The minimum Gasteiger partial charge on any atom is -0.250 e. The molecule has 2 nitrogen and oxygen atoms in total. The highest BCUT2D eigenvalue weighted by Gasteiger charge is 2.14. The lowest BCUT2D eigenvalue weighted by atomic mass is 9.76. The Kier molecular flexibility index (Phi) is 3.89. The molecule has 0 atom stereocenters. The molecule has 2 aromatic carbocycles. The van der Waals surface area contributed by atoms with E-state index in [1.807, 2.05) is 18.2 Å². The standard InChI is InChI=1S/C16H13BClFN2/c1-17-9-14-15(10-5-2-3-6-11(10)18)21-16-12(19)7-4-8-13(16)20-14/h2-8,17H,9H2,1H3. The Balaban J connectivity index is 2.31. The van der Waals surface area contributed by atoms with Crippen molar-refractivity contribution in [1.29, 1.82) is 0 Å². The zero-order valence-corrected chi connectivity index (χ0v) is 12.4. The Morgan fingerprint density at radius 3 is 2.67 bits per heavy atom. The van der Waals surface area contributed by atoms with Crippen molar-refractivity contribution < 1.29 is 4.39 Å². The van der Waals surface area contributed by atoms with Gasteiger partial charge in [0.25, 0.3) is 0 Å². The van der Waals surface area contributed by atoms with Crippen LogP contribution < -0.4 is 0 Å². The molecule has 104 valence electrons. The molecule has 0 radical (unpaired) electrons. The van der Waals surface area contributed by atoms with Crippen molar-refractivity contribution in [2.75, 3.05) is 0 Å². The third-order valence-electron chi connectivity index (χ3n) is 3.33. The van der Waals surface area contributed by atoms with Gasteiger partial charge in [-0.2, -0.15) is 0 Å². The Hall–Kier alpha value is -1.94. The van der Waals surface area contributed by atoms with Gasteiger partial charge in [-0.3, -0.25) is 0 Å². The lowest BCUT2D eigenvalue weighted by Crippen LogP contribution is -2.03. The molecule has 1 aromatic heterocycles. The van der Waals surface area contributed by atoms with Crippen molar-refractivity contribution in [3.8, 4) is 11.3 Å². The summed E-state index contributed by atoms with van der Waals surface area (Å²) in [5.74, 6) is -0.364. The second-order valence-electron chi connectivity index (χ2n) is 4.86. The predicted molar refractivity (Wildman–Crippen MR) is 86.7 cm³/mol. The summed E-state index contributed by atoms with van der Waals surface area (Å²) in [7, 11) is 0.937. The molecule has 0 amide bonds. The van der Waals surface area contributed by atoms with Gasteiger partial charge in [0.05, 0.1) is 21.9 Å². The normalized spacial score (nSPS) is 10.8. The second kappa shape index (κ2) is 5.82. The fraction of sp³-hybridized carbons (Fsp3) is 0.125. The highest BCUT2D eigenvalue weighted by atomic mass is 35.5. The molecule has 0 spiro atoms. The van der Waals surface area contributed by atoms with Gasteiger partial charge in [-0.25, -0.2) is 14.4 Å². The second-order valence-corrected chi connectivity index (χ2v) is 5.26. The third kappa shape index (κ3) is 2.63. The Morgan fingerprint density at radius 2 is 1.90 bits per heavy atom. The molecule has 1 heterocycles. The maximum atomic E-state index is 14.0. The van der Waals surface area contributed by atoms with Crippen LogP contribution in [0.15, 0.2) is 42.5 Å². The van der Waals surface area contributed by atoms with Crippen LogP contribution in [0.5, 0.6) is 0 Å². The van der Waals surface area contributed by atoms with Gasteiger partial charge in [-0.1, -0.05) is 42.7 Å². The van der Waals surface area contributed by atoms with Crippen LogP contribution in [-0.4, -0.2) is 17.2 Å². The summed E-state index contributed by atoms with van der Waals surface area (Å²) in [6.45, 7) is 2.08. The number of fused-ring (bicyclic) bond motifs is 1. The SMILES string of the molecule is CBCc1nc2cccc(F)c2nc1-c1ccccc1Cl. The number of nitrogens with zero attached hydrogens (tertiary/aromatic N) is 2. The number of hydrogen-bond acceptors (Lipinski definition) is 2. The van der Waals surface area contributed by atoms with Gasteiger partial charge in [0.1, 0.15) is 12.8 Å². The van der Waals surface area contributed by atoms with E-state index < -0.39 is 0 Å². The number of aromatic nitrogens is 2. The summed E-state index contributed by atoms with van der Waals surface area (Å²) in [6.07, 6.45) is 0.778. The Morgan fingerprint density at radius 1 is 1.10 bits per heavy atom. The van der Waals surface area contributed by atoms with Crippen molar-refractivity contribution in [1.82, 2.24) is 9.97 Å². The molecule has 21 heavy (non-hydrogen) atoms. The van der Waals surface area contributed by atoms with E-state index in [0.717, 1.165) is 24.9 Å². The molecule has 0 fully saturated rings. The van der Waals surface area contributed by atoms with Gasteiger partial charge >= 0.3 is 0 Å². The average molecular weight is 299 g/mol. The highest BCUT2D eigenvalue weighted by Crippen LogP contribution is 2.30. The van der Waals surface area contributed by atoms with Crippen molar-refractivity contribution in [2.24, 2.45) is 0 Å². The Bertz CT molecular complexity index is 807. The molecule has 3 rings (SSSR count). The van der Waals surface area contributed by atoms with Crippen molar-refractivity contribution in [2.45, 2.75) is 13.1 Å². The van der Waals surface area contributed by atoms with E-state index >= 15 is 0 Å². The Labute approximate surface area is 128 Å². The largest absolute Gasteiger partial charge is 0.250 e. The molecule has 5 heteroatoms. The van der Waals surface area contributed by atoms with Crippen LogP contribution in [0.2, 0.25) is 11.8 Å². The van der Waals surface area contributed by atoms with E-state index in [4.69, 9.17) is 11.6 Å². The summed E-state index contributed by atoms with van der Waals surface area (Å²) in [4.78, 5) is 9.08. The molecule has 0 saturated heterocycles. The quantitative estimate of drug-likeness (QED) is 0.681. The monoisotopic (exact) mass is 298 g/mol. The minimum absolute atomic E-state index is 0.285. The van der Waals surface area contributed by atoms with Crippen LogP contribution in [-0.2, 0) is 6.32 Å². The third-order valence-corrected chi connectivity index (χ3v) is 3.66. The number of rotatable bonds is 3. The van der Waals surface area contributed by atoms with Crippen LogP contribution in [0, 0.1) is 5.82 Å². The summed E-state index contributed by atoms with van der Waals surface area (Å²) in [5.41, 5.74) is 3.17.